The van der Waals surface area contributed by atoms with E-state index in [1.54, 1.807) is 6.26 Å². The number of carbonyl (C=O) groups excluding carboxylic acids is 1. The SMILES string of the molecule is COC(=O)c1oc(CSc2nnc(NCc3ccco3)s2)cc1C. The molecule has 3 rings (SSSR count). The van der Waals surface area contributed by atoms with Crippen LogP contribution in [0.5, 0.6) is 0 Å². The van der Waals surface area contributed by atoms with Gasteiger partial charge in [0.25, 0.3) is 0 Å². The minimum Gasteiger partial charge on any atom is -0.467 e. The Labute approximate surface area is 146 Å². The number of thioether (sulfide) groups is 1. The maximum absolute atomic E-state index is 11.5. The topological polar surface area (TPSA) is 90.4 Å². The minimum absolute atomic E-state index is 0.242. The van der Waals surface area contributed by atoms with E-state index in [-0.39, 0.29) is 5.76 Å². The highest BCUT2D eigenvalue weighted by Crippen LogP contribution is 2.30. The molecule has 7 nitrogen and oxygen atoms in total. The standard InChI is InChI=1S/C15H15N3O4S2/c1-9-6-11(22-12(9)13(19)20-2)8-23-15-18-17-14(24-15)16-7-10-4-3-5-21-10/h3-6H,7-8H2,1-2H3,(H,16,17). The molecule has 0 aliphatic heterocycles. The predicted octanol–water partition coefficient (Wildman–Crippen LogP) is 3.72. The fourth-order valence-corrected chi connectivity index (χ4v) is 3.59. The first-order valence-corrected chi connectivity index (χ1v) is 8.86. The molecular formula is C15H15N3O4S2. The molecular weight excluding hydrogens is 350 g/mol. The monoisotopic (exact) mass is 365 g/mol. The van der Waals surface area contributed by atoms with Gasteiger partial charge in [-0.05, 0) is 25.1 Å². The molecule has 0 fully saturated rings. The van der Waals surface area contributed by atoms with E-state index in [4.69, 9.17) is 8.83 Å². The Morgan fingerprint density at radius 3 is 3.04 bits per heavy atom. The van der Waals surface area contributed by atoms with Gasteiger partial charge in [0.05, 0.1) is 25.7 Å². The van der Waals surface area contributed by atoms with Crippen LogP contribution >= 0.6 is 23.1 Å². The van der Waals surface area contributed by atoms with Gasteiger partial charge < -0.3 is 18.9 Å². The first-order valence-electron chi connectivity index (χ1n) is 7.06. The summed E-state index contributed by atoms with van der Waals surface area (Å²) < 4.78 is 16.3. The lowest BCUT2D eigenvalue weighted by atomic mass is 10.3. The number of anilines is 1. The zero-order valence-corrected chi connectivity index (χ0v) is 14.7. The van der Waals surface area contributed by atoms with Gasteiger partial charge >= 0.3 is 5.97 Å². The number of nitrogens with one attached hydrogen (secondary N) is 1. The second-order valence-corrected chi connectivity index (χ2v) is 7.01. The largest absolute Gasteiger partial charge is 0.467 e. The summed E-state index contributed by atoms with van der Waals surface area (Å²) in [5.41, 5.74) is 0.760. The Morgan fingerprint density at radius 2 is 2.29 bits per heavy atom. The summed E-state index contributed by atoms with van der Waals surface area (Å²) >= 11 is 2.95. The van der Waals surface area contributed by atoms with Gasteiger partial charge in [0.2, 0.25) is 10.9 Å². The summed E-state index contributed by atoms with van der Waals surface area (Å²) in [4.78, 5) is 11.5. The molecule has 24 heavy (non-hydrogen) atoms. The van der Waals surface area contributed by atoms with E-state index in [0.29, 0.717) is 18.1 Å². The number of ether oxygens (including phenoxy) is 1. The van der Waals surface area contributed by atoms with Crippen molar-refractivity contribution in [1.82, 2.24) is 10.2 Å². The molecule has 0 bridgehead atoms. The molecule has 0 aliphatic carbocycles. The van der Waals surface area contributed by atoms with Gasteiger partial charge in [-0.1, -0.05) is 23.1 Å². The molecule has 0 saturated heterocycles. The van der Waals surface area contributed by atoms with Gasteiger partial charge in [-0.15, -0.1) is 10.2 Å². The molecule has 3 aromatic rings. The van der Waals surface area contributed by atoms with Crippen molar-refractivity contribution in [2.45, 2.75) is 23.6 Å². The average molecular weight is 365 g/mol. The first kappa shape index (κ1) is 16.6. The van der Waals surface area contributed by atoms with Gasteiger partial charge in [0, 0.05) is 5.56 Å². The van der Waals surface area contributed by atoms with Crippen LogP contribution in [0.3, 0.4) is 0 Å². The van der Waals surface area contributed by atoms with Gasteiger partial charge in [0.15, 0.2) is 4.34 Å². The van der Waals surface area contributed by atoms with Crippen LogP contribution in [0, 0.1) is 6.92 Å². The van der Waals surface area contributed by atoms with Crippen molar-refractivity contribution in [2.24, 2.45) is 0 Å². The van der Waals surface area contributed by atoms with E-state index in [1.807, 2.05) is 25.1 Å². The third-order valence-electron chi connectivity index (χ3n) is 3.08. The highest BCUT2D eigenvalue weighted by atomic mass is 32.2. The van der Waals surface area contributed by atoms with Crippen LogP contribution in [-0.4, -0.2) is 23.3 Å². The Morgan fingerprint density at radius 1 is 1.42 bits per heavy atom. The molecule has 126 valence electrons. The quantitative estimate of drug-likeness (QED) is 0.500. The number of aryl methyl sites for hydroxylation is 1. The van der Waals surface area contributed by atoms with Crippen molar-refractivity contribution < 1.29 is 18.4 Å². The number of hydrogen-bond acceptors (Lipinski definition) is 9. The van der Waals surface area contributed by atoms with E-state index in [9.17, 15) is 4.79 Å². The maximum Gasteiger partial charge on any atom is 0.374 e. The Kier molecular flexibility index (Phi) is 5.21. The summed E-state index contributed by atoms with van der Waals surface area (Å²) in [6.07, 6.45) is 1.63. The predicted molar refractivity (Wildman–Crippen MR) is 90.3 cm³/mol. The smallest absolute Gasteiger partial charge is 0.374 e. The molecule has 3 heterocycles. The van der Waals surface area contributed by atoms with Crippen molar-refractivity contribution in [1.29, 1.82) is 0 Å². The fraction of sp³-hybridized carbons (Fsp3) is 0.267. The van der Waals surface area contributed by atoms with E-state index >= 15 is 0 Å². The Hall–Kier alpha value is -2.26. The van der Waals surface area contributed by atoms with Crippen molar-refractivity contribution in [3.8, 4) is 0 Å². The maximum atomic E-state index is 11.5. The van der Waals surface area contributed by atoms with Gasteiger partial charge in [0.1, 0.15) is 11.5 Å². The fourth-order valence-electron chi connectivity index (χ4n) is 1.96. The molecule has 0 aromatic carbocycles. The van der Waals surface area contributed by atoms with Gasteiger partial charge in [-0.25, -0.2) is 4.79 Å². The molecule has 0 unspecified atom stereocenters. The van der Waals surface area contributed by atoms with Crippen LogP contribution in [0.25, 0.3) is 0 Å². The van der Waals surface area contributed by atoms with Crippen molar-refractivity contribution in [2.75, 3.05) is 12.4 Å². The molecule has 0 amide bonds. The van der Waals surface area contributed by atoms with Crippen molar-refractivity contribution >= 4 is 34.2 Å². The summed E-state index contributed by atoms with van der Waals surface area (Å²) in [6, 6.07) is 5.56. The third-order valence-corrected chi connectivity index (χ3v) is 5.11. The molecule has 9 heteroatoms. The molecule has 0 spiro atoms. The molecule has 1 N–H and O–H groups in total. The minimum atomic E-state index is -0.468. The van der Waals surface area contributed by atoms with Crippen LogP contribution in [0.2, 0.25) is 0 Å². The van der Waals surface area contributed by atoms with Crippen LogP contribution in [0.1, 0.15) is 27.6 Å². The molecule has 0 aliphatic rings. The first-order chi connectivity index (χ1) is 11.7. The van der Waals surface area contributed by atoms with Crippen LogP contribution in [0.4, 0.5) is 5.13 Å². The summed E-state index contributed by atoms with van der Waals surface area (Å²) in [6.45, 7) is 2.37. The van der Waals surface area contributed by atoms with Gasteiger partial charge in [-0.2, -0.15) is 0 Å². The van der Waals surface area contributed by atoms with E-state index in [0.717, 1.165) is 20.8 Å². The Balaban J connectivity index is 1.54. The van der Waals surface area contributed by atoms with Crippen LogP contribution in [0.15, 0.2) is 37.6 Å². The number of carbonyl (C=O) groups is 1. The number of furan rings is 2. The molecule has 0 saturated carbocycles. The van der Waals surface area contributed by atoms with E-state index in [1.165, 1.54) is 30.2 Å². The van der Waals surface area contributed by atoms with Crippen LogP contribution in [-0.2, 0) is 17.0 Å². The van der Waals surface area contributed by atoms with Crippen LogP contribution < -0.4 is 5.32 Å². The second-order valence-electron chi connectivity index (χ2n) is 4.81. The third kappa shape index (κ3) is 3.98. The summed E-state index contributed by atoms with van der Waals surface area (Å²) in [5, 5.41) is 12.1. The lowest BCUT2D eigenvalue weighted by Gasteiger charge is -1.97. The lowest BCUT2D eigenvalue weighted by molar-refractivity contribution is 0.0562. The molecule has 3 aromatic heterocycles. The lowest BCUT2D eigenvalue weighted by Crippen LogP contribution is -2.00. The number of esters is 1. The Bertz CT molecular complexity index is 811. The number of nitrogens with zero attached hydrogens (tertiary/aromatic N) is 2. The van der Waals surface area contributed by atoms with Crippen molar-refractivity contribution in [3.63, 3.8) is 0 Å². The average Bonchev–Trinajstić information content (AvgIpc) is 3.31. The highest BCUT2D eigenvalue weighted by molar-refractivity contribution is 8.00. The zero-order chi connectivity index (χ0) is 16.9. The second kappa shape index (κ2) is 7.54. The number of hydrogen-bond donors (Lipinski definition) is 1. The van der Waals surface area contributed by atoms with Crippen molar-refractivity contribution in [3.05, 3.63) is 47.3 Å². The molecule has 0 radical (unpaired) electrons. The van der Waals surface area contributed by atoms with E-state index in [2.05, 4.69) is 20.3 Å². The zero-order valence-electron chi connectivity index (χ0n) is 13.1. The van der Waals surface area contributed by atoms with E-state index < -0.39 is 5.97 Å². The summed E-state index contributed by atoms with van der Waals surface area (Å²) in [5.74, 6) is 1.86. The number of aromatic nitrogens is 2. The normalized spacial score (nSPS) is 10.8. The highest BCUT2D eigenvalue weighted by Gasteiger charge is 2.16. The number of rotatable bonds is 7. The molecule has 0 atom stereocenters. The van der Waals surface area contributed by atoms with Gasteiger partial charge in [-0.3, -0.25) is 0 Å². The number of methoxy groups -OCH3 is 1. The summed E-state index contributed by atoms with van der Waals surface area (Å²) in [7, 11) is 1.33.